The normalized spacial score (nSPS) is 10.9. The molecular formula is C23H26N6O. The number of rotatable bonds is 9. The molecule has 2 heterocycles. The van der Waals surface area contributed by atoms with Gasteiger partial charge in [-0.1, -0.05) is 31.5 Å². The molecule has 0 aliphatic heterocycles. The van der Waals surface area contributed by atoms with Gasteiger partial charge < -0.3 is 15.4 Å². The summed E-state index contributed by atoms with van der Waals surface area (Å²) >= 11 is 0. The summed E-state index contributed by atoms with van der Waals surface area (Å²) < 4.78 is 7.37. The van der Waals surface area contributed by atoms with Gasteiger partial charge in [-0.05, 0) is 49.7 Å². The van der Waals surface area contributed by atoms with Gasteiger partial charge in [0.1, 0.15) is 11.6 Å². The van der Waals surface area contributed by atoms with E-state index in [2.05, 4.69) is 22.7 Å². The third-order valence-corrected chi connectivity index (χ3v) is 4.67. The van der Waals surface area contributed by atoms with Crippen LogP contribution in [0.1, 0.15) is 26.7 Å². The lowest BCUT2D eigenvalue weighted by Gasteiger charge is -2.11. The van der Waals surface area contributed by atoms with E-state index < -0.39 is 0 Å². The minimum Gasteiger partial charge on any atom is -0.494 e. The number of hydrogen-bond donors (Lipinski definition) is 2. The van der Waals surface area contributed by atoms with Gasteiger partial charge in [-0.25, -0.2) is 4.68 Å². The second kappa shape index (κ2) is 9.26. The maximum absolute atomic E-state index is 5.53. The summed E-state index contributed by atoms with van der Waals surface area (Å²) in [5.74, 6) is 2.14. The van der Waals surface area contributed by atoms with E-state index in [0.29, 0.717) is 18.4 Å². The maximum Gasteiger partial charge on any atom is 0.226 e. The fourth-order valence-corrected chi connectivity index (χ4v) is 3.16. The molecule has 0 aliphatic rings. The molecule has 4 aromatic rings. The van der Waals surface area contributed by atoms with Crippen LogP contribution in [0.3, 0.4) is 0 Å². The highest BCUT2D eigenvalue weighted by Crippen LogP contribution is 2.27. The van der Waals surface area contributed by atoms with E-state index in [-0.39, 0.29) is 0 Å². The number of nitrogens with zero attached hydrogens (tertiary/aromatic N) is 4. The van der Waals surface area contributed by atoms with Gasteiger partial charge in [0.25, 0.3) is 0 Å². The molecule has 0 radical (unpaired) electrons. The first-order chi connectivity index (χ1) is 14.8. The number of anilines is 3. The molecular weight excluding hydrogens is 376 g/mol. The predicted octanol–water partition coefficient (Wildman–Crippen LogP) is 5.17. The average molecular weight is 403 g/mol. The van der Waals surface area contributed by atoms with Crippen molar-refractivity contribution >= 4 is 28.5 Å². The molecule has 2 aromatic carbocycles. The first kappa shape index (κ1) is 19.7. The molecule has 30 heavy (non-hydrogen) atoms. The molecule has 0 unspecified atom stereocenters. The van der Waals surface area contributed by atoms with Gasteiger partial charge in [-0.2, -0.15) is 15.1 Å². The van der Waals surface area contributed by atoms with E-state index in [1.54, 1.807) is 6.20 Å². The molecule has 0 saturated heterocycles. The summed E-state index contributed by atoms with van der Waals surface area (Å²) in [6, 6.07) is 17.8. The molecule has 0 bridgehead atoms. The fourth-order valence-electron chi connectivity index (χ4n) is 3.16. The van der Waals surface area contributed by atoms with E-state index in [9.17, 15) is 0 Å². The topological polar surface area (TPSA) is 76.9 Å². The molecule has 0 atom stereocenters. The molecule has 0 saturated carbocycles. The Balaban J connectivity index is 1.72. The quantitative estimate of drug-likeness (QED) is 0.376. The minimum absolute atomic E-state index is 0.585. The minimum atomic E-state index is 0.585. The van der Waals surface area contributed by atoms with E-state index in [1.165, 1.54) is 0 Å². The Hall–Kier alpha value is -3.61. The molecule has 0 amide bonds. The molecule has 0 aliphatic carbocycles. The third kappa shape index (κ3) is 4.35. The lowest BCUT2D eigenvalue weighted by molar-refractivity contribution is 0.340. The number of ether oxygens (including phenoxy) is 1. The first-order valence-electron chi connectivity index (χ1n) is 10.3. The Morgan fingerprint density at radius 2 is 1.77 bits per heavy atom. The molecule has 0 spiro atoms. The highest BCUT2D eigenvalue weighted by Gasteiger charge is 2.14. The molecule has 154 valence electrons. The maximum atomic E-state index is 5.53. The second-order valence-electron chi connectivity index (χ2n) is 6.89. The summed E-state index contributed by atoms with van der Waals surface area (Å²) in [6.07, 6.45) is 3.96. The predicted molar refractivity (Wildman–Crippen MR) is 121 cm³/mol. The monoisotopic (exact) mass is 402 g/mol. The van der Waals surface area contributed by atoms with Gasteiger partial charge in [0, 0.05) is 12.2 Å². The van der Waals surface area contributed by atoms with E-state index in [0.717, 1.165) is 47.5 Å². The average Bonchev–Trinajstić information content (AvgIpc) is 3.20. The number of hydrogen-bond acceptors (Lipinski definition) is 6. The summed E-state index contributed by atoms with van der Waals surface area (Å²) in [4.78, 5) is 9.46. The van der Waals surface area contributed by atoms with Gasteiger partial charge in [-0.15, -0.1) is 0 Å². The Kier molecular flexibility index (Phi) is 6.08. The number of fused-ring (bicyclic) bond motifs is 1. The van der Waals surface area contributed by atoms with Crippen molar-refractivity contribution in [3.05, 3.63) is 60.8 Å². The molecule has 7 nitrogen and oxygen atoms in total. The summed E-state index contributed by atoms with van der Waals surface area (Å²) in [5, 5.41) is 12.2. The van der Waals surface area contributed by atoms with Gasteiger partial charge in [-0.3, -0.25) is 0 Å². The van der Waals surface area contributed by atoms with Crippen LogP contribution in [0.5, 0.6) is 5.75 Å². The lowest BCUT2D eigenvalue weighted by atomic mass is 10.3. The zero-order valence-corrected chi connectivity index (χ0v) is 17.3. The molecule has 2 N–H and O–H groups in total. The van der Waals surface area contributed by atoms with Crippen molar-refractivity contribution in [1.82, 2.24) is 19.7 Å². The Morgan fingerprint density at radius 3 is 2.50 bits per heavy atom. The van der Waals surface area contributed by atoms with Crippen LogP contribution in [0, 0.1) is 0 Å². The van der Waals surface area contributed by atoms with Crippen molar-refractivity contribution in [1.29, 1.82) is 0 Å². The first-order valence-corrected chi connectivity index (χ1v) is 10.3. The number of nitrogens with one attached hydrogen (secondary N) is 2. The van der Waals surface area contributed by atoms with Crippen LogP contribution in [0.15, 0.2) is 60.8 Å². The van der Waals surface area contributed by atoms with Crippen LogP contribution < -0.4 is 15.4 Å². The Morgan fingerprint density at radius 1 is 0.967 bits per heavy atom. The molecule has 2 aromatic heterocycles. The number of para-hydroxylation sites is 1. The summed E-state index contributed by atoms with van der Waals surface area (Å²) in [7, 11) is 0. The van der Waals surface area contributed by atoms with Gasteiger partial charge >= 0.3 is 0 Å². The summed E-state index contributed by atoms with van der Waals surface area (Å²) in [5.41, 5.74) is 2.63. The third-order valence-electron chi connectivity index (χ3n) is 4.67. The van der Waals surface area contributed by atoms with Crippen LogP contribution in [0.25, 0.3) is 16.7 Å². The largest absolute Gasteiger partial charge is 0.494 e. The van der Waals surface area contributed by atoms with Gasteiger partial charge in [0.05, 0.1) is 23.9 Å². The van der Waals surface area contributed by atoms with Crippen molar-refractivity contribution < 1.29 is 4.74 Å². The van der Waals surface area contributed by atoms with Crippen LogP contribution >= 0.6 is 0 Å². The van der Waals surface area contributed by atoms with Crippen LogP contribution in [0.2, 0.25) is 0 Å². The van der Waals surface area contributed by atoms with E-state index in [1.807, 2.05) is 66.2 Å². The Bertz CT molecular complexity index is 1090. The molecule has 0 fully saturated rings. The number of benzene rings is 2. The Labute approximate surface area is 176 Å². The zero-order valence-electron chi connectivity index (χ0n) is 17.3. The van der Waals surface area contributed by atoms with E-state index in [4.69, 9.17) is 14.7 Å². The van der Waals surface area contributed by atoms with E-state index >= 15 is 0 Å². The highest BCUT2D eigenvalue weighted by atomic mass is 16.5. The lowest BCUT2D eigenvalue weighted by Crippen LogP contribution is -2.08. The van der Waals surface area contributed by atoms with Crippen molar-refractivity contribution in [2.24, 2.45) is 0 Å². The smallest absolute Gasteiger partial charge is 0.226 e. The summed E-state index contributed by atoms with van der Waals surface area (Å²) in [6.45, 7) is 5.60. The van der Waals surface area contributed by atoms with Crippen molar-refractivity contribution in [3.8, 4) is 11.4 Å². The van der Waals surface area contributed by atoms with Gasteiger partial charge in [0.15, 0.2) is 5.65 Å². The fraction of sp³-hybridized carbons (Fsp3) is 0.261. The molecule has 4 rings (SSSR count). The second-order valence-corrected chi connectivity index (χ2v) is 6.89. The molecule has 7 heteroatoms. The van der Waals surface area contributed by atoms with Crippen molar-refractivity contribution in [2.75, 3.05) is 23.8 Å². The van der Waals surface area contributed by atoms with Crippen LogP contribution in [-0.4, -0.2) is 32.9 Å². The standard InChI is InChI=1S/C23H26N6O/c1-3-5-15-24-23-27-21(26-17-11-13-19(14-12-17)30-4-2)20-16-25-29(22(20)28-23)18-9-7-6-8-10-18/h6-14,16H,3-5,15H2,1-2H3,(H2,24,26,27,28). The van der Waals surface area contributed by atoms with Gasteiger partial charge in [0.2, 0.25) is 5.95 Å². The zero-order chi connectivity index (χ0) is 20.8. The SMILES string of the molecule is CCCCNc1nc(Nc2ccc(OCC)cc2)c2cnn(-c3ccccc3)c2n1. The number of unbranched alkanes of at least 4 members (excludes halogenated alkanes) is 1. The van der Waals surface area contributed by atoms with Crippen LogP contribution in [0.4, 0.5) is 17.5 Å². The van der Waals surface area contributed by atoms with Crippen LogP contribution in [-0.2, 0) is 0 Å². The number of aromatic nitrogens is 4. The highest BCUT2D eigenvalue weighted by molar-refractivity contribution is 5.90. The van der Waals surface area contributed by atoms with Crippen molar-refractivity contribution in [3.63, 3.8) is 0 Å². The van der Waals surface area contributed by atoms with Crippen molar-refractivity contribution in [2.45, 2.75) is 26.7 Å².